The highest BCUT2D eigenvalue weighted by molar-refractivity contribution is 5.42. The van der Waals surface area contributed by atoms with Gasteiger partial charge in [0, 0.05) is 32.4 Å². The summed E-state index contributed by atoms with van der Waals surface area (Å²) in [6.07, 6.45) is 0. The Kier molecular flexibility index (Phi) is 5.56. The summed E-state index contributed by atoms with van der Waals surface area (Å²) >= 11 is 0. The van der Waals surface area contributed by atoms with E-state index in [0.717, 1.165) is 30.2 Å². The van der Waals surface area contributed by atoms with Crippen LogP contribution in [-0.2, 0) is 6.54 Å². The Hall–Kier alpha value is -1.13. The van der Waals surface area contributed by atoms with E-state index in [1.54, 1.807) is 0 Å². The molecule has 0 aromatic carbocycles. The summed E-state index contributed by atoms with van der Waals surface area (Å²) in [5.41, 5.74) is 8.02. The van der Waals surface area contributed by atoms with Crippen molar-refractivity contribution in [1.82, 2.24) is 9.88 Å². The van der Waals surface area contributed by atoms with Crippen molar-refractivity contribution in [3.8, 4) is 0 Å². The van der Waals surface area contributed by atoms with Crippen molar-refractivity contribution in [2.45, 2.75) is 26.3 Å². The van der Waals surface area contributed by atoms with Crippen molar-refractivity contribution in [3.63, 3.8) is 0 Å². The van der Waals surface area contributed by atoms with Gasteiger partial charge in [0.1, 0.15) is 5.82 Å². The largest absolute Gasteiger partial charge is 0.358 e. The van der Waals surface area contributed by atoms with Crippen molar-refractivity contribution in [2.75, 3.05) is 39.1 Å². The fourth-order valence-corrected chi connectivity index (χ4v) is 1.67. The molecule has 2 N–H and O–H groups in total. The molecule has 0 spiro atoms. The number of nitrogens with zero attached hydrogens (tertiary/aromatic N) is 3. The first-order chi connectivity index (χ1) is 8.43. The first kappa shape index (κ1) is 14.9. The Morgan fingerprint density at radius 2 is 1.83 bits per heavy atom. The number of nitrogens with two attached hydrogens (primary N) is 1. The zero-order chi connectivity index (χ0) is 13.7. The minimum absolute atomic E-state index is 0.428. The predicted octanol–water partition coefficient (Wildman–Crippen LogP) is 1.66. The summed E-state index contributed by atoms with van der Waals surface area (Å²) in [7, 11) is 6.24. The van der Waals surface area contributed by atoms with E-state index in [1.807, 2.05) is 0 Å². The van der Waals surface area contributed by atoms with Gasteiger partial charge in [-0.05, 0) is 37.7 Å². The SMILES string of the molecule is CC(C)c1cc(CN)cc(N(C)CCN(C)C)n1. The van der Waals surface area contributed by atoms with Crippen LogP contribution < -0.4 is 10.6 Å². The van der Waals surface area contributed by atoms with Gasteiger partial charge in [0.2, 0.25) is 0 Å². The molecule has 4 heteroatoms. The smallest absolute Gasteiger partial charge is 0.128 e. The molecule has 1 aromatic heterocycles. The molecule has 0 saturated carbocycles. The summed E-state index contributed by atoms with van der Waals surface area (Å²) in [5, 5.41) is 0. The molecule has 102 valence electrons. The molecule has 1 rings (SSSR count). The molecule has 1 aromatic rings. The summed E-state index contributed by atoms with van der Waals surface area (Å²) < 4.78 is 0. The van der Waals surface area contributed by atoms with Gasteiger partial charge in [0.15, 0.2) is 0 Å². The molecule has 0 fully saturated rings. The molecule has 1 heterocycles. The highest BCUT2D eigenvalue weighted by atomic mass is 15.2. The van der Waals surface area contributed by atoms with Crippen LogP contribution in [0, 0.1) is 0 Å². The van der Waals surface area contributed by atoms with Crippen molar-refractivity contribution >= 4 is 5.82 Å². The zero-order valence-electron chi connectivity index (χ0n) is 12.3. The Labute approximate surface area is 111 Å². The average Bonchev–Trinajstić information content (AvgIpc) is 2.35. The first-order valence-corrected chi connectivity index (χ1v) is 6.50. The van der Waals surface area contributed by atoms with Crippen LogP contribution in [0.4, 0.5) is 5.82 Å². The topological polar surface area (TPSA) is 45.4 Å². The zero-order valence-corrected chi connectivity index (χ0v) is 12.3. The third kappa shape index (κ3) is 4.27. The lowest BCUT2D eigenvalue weighted by atomic mass is 10.1. The summed E-state index contributed by atoms with van der Waals surface area (Å²) in [4.78, 5) is 9.07. The van der Waals surface area contributed by atoms with E-state index in [9.17, 15) is 0 Å². The van der Waals surface area contributed by atoms with E-state index < -0.39 is 0 Å². The van der Waals surface area contributed by atoms with Gasteiger partial charge in [-0.1, -0.05) is 13.8 Å². The van der Waals surface area contributed by atoms with Gasteiger partial charge in [-0.15, -0.1) is 0 Å². The van der Waals surface area contributed by atoms with E-state index in [2.05, 4.69) is 56.9 Å². The molecular weight excluding hydrogens is 224 g/mol. The van der Waals surface area contributed by atoms with Crippen molar-refractivity contribution in [1.29, 1.82) is 0 Å². The third-order valence-electron chi connectivity index (χ3n) is 2.99. The lowest BCUT2D eigenvalue weighted by Crippen LogP contribution is -2.29. The maximum Gasteiger partial charge on any atom is 0.128 e. The predicted molar refractivity (Wildman–Crippen MR) is 78.0 cm³/mol. The van der Waals surface area contributed by atoms with Gasteiger partial charge in [-0.2, -0.15) is 0 Å². The van der Waals surface area contributed by atoms with Crippen LogP contribution in [0.3, 0.4) is 0 Å². The van der Waals surface area contributed by atoms with E-state index in [0.29, 0.717) is 12.5 Å². The number of hydrogen-bond donors (Lipinski definition) is 1. The van der Waals surface area contributed by atoms with E-state index >= 15 is 0 Å². The molecule has 0 unspecified atom stereocenters. The second-order valence-corrected chi connectivity index (χ2v) is 5.34. The fourth-order valence-electron chi connectivity index (χ4n) is 1.67. The van der Waals surface area contributed by atoms with Crippen LogP contribution in [-0.4, -0.2) is 44.1 Å². The number of pyridine rings is 1. The van der Waals surface area contributed by atoms with Crippen LogP contribution in [0.5, 0.6) is 0 Å². The van der Waals surface area contributed by atoms with Crippen molar-refractivity contribution < 1.29 is 0 Å². The highest BCUT2D eigenvalue weighted by Crippen LogP contribution is 2.19. The Balaban J connectivity index is 2.89. The average molecular weight is 250 g/mol. The second kappa shape index (κ2) is 6.71. The van der Waals surface area contributed by atoms with Gasteiger partial charge in [0.25, 0.3) is 0 Å². The lowest BCUT2D eigenvalue weighted by Gasteiger charge is -2.22. The van der Waals surface area contributed by atoms with Crippen LogP contribution >= 0.6 is 0 Å². The maximum atomic E-state index is 5.76. The minimum atomic E-state index is 0.428. The minimum Gasteiger partial charge on any atom is -0.358 e. The van der Waals surface area contributed by atoms with Crippen molar-refractivity contribution in [3.05, 3.63) is 23.4 Å². The molecule has 0 aliphatic carbocycles. The second-order valence-electron chi connectivity index (χ2n) is 5.34. The van der Waals surface area contributed by atoms with Crippen LogP contribution in [0.1, 0.15) is 31.0 Å². The highest BCUT2D eigenvalue weighted by Gasteiger charge is 2.09. The molecular formula is C14H26N4. The number of likely N-dealkylation sites (N-methyl/N-ethyl adjacent to an activating group) is 2. The molecule has 0 radical (unpaired) electrons. The molecule has 4 nitrogen and oxygen atoms in total. The standard InChI is InChI=1S/C14H26N4/c1-11(2)13-8-12(10-15)9-14(16-13)18(5)7-6-17(3)4/h8-9,11H,6-7,10,15H2,1-5H3. The molecule has 0 atom stereocenters. The van der Waals surface area contributed by atoms with Gasteiger partial charge < -0.3 is 15.5 Å². The quantitative estimate of drug-likeness (QED) is 0.834. The van der Waals surface area contributed by atoms with Gasteiger partial charge in [-0.25, -0.2) is 4.98 Å². The first-order valence-electron chi connectivity index (χ1n) is 6.50. The number of aromatic nitrogens is 1. The molecule has 0 bridgehead atoms. The van der Waals surface area contributed by atoms with Gasteiger partial charge in [-0.3, -0.25) is 0 Å². The van der Waals surface area contributed by atoms with E-state index in [4.69, 9.17) is 10.7 Å². The monoisotopic (exact) mass is 250 g/mol. The molecule has 0 aliphatic rings. The van der Waals surface area contributed by atoms with Crippen LogP contribution in [0.25, 0.3) is 0 Å². The number of anilines is 1. The van der Waals surface area contributed by atoms with E-state index in [-0.39, 0.29) is 0 Å². The van der Waals surface area contributed by atoms with Gasteiger partial charge in [0.05, 0.1) is 0 Å². The van der Waals surface area contributed by atoms with Crippen LogP contribution in [0.15, 0.2) is 12.1 Å². The molecule has 0 aliphatic heterocycles. The normalized spacial score (nSPS) is 11.3. The molecule has 0 amide bonds. The lowest BCUT2D eigenvalue weighted by molar-refractivity contribution is 0.416. The van der Waals surface area contributed by atoms with E-state index in [1.165, 1.54) is 0 Å². The molecule has 0 saturated heterocycles. The summed E-state index contributed by atoms with van der Waals surface area (Å²) in [6, 6.07) is 4.19. The fraction of sp³-hybridized carbons (Fsp3) is 0.643. The summed E-state index contributed by atoms with van der Waals surface area (Å²) in [6.45, 7) is 6.86. The Morgan fingerprint density at radius 3 is 2.33 bits per heavy atom. The van der Waals surface area contributed by atoms with Gasteiger partial charge >= 0.3 is 0 Å². The maximum absolute atomic E-state index is 5.76. The van der Waals surface area contributed by atoms with Crippen LogP contribution in [0.2, 0.25) is 0 Å². The van der Waals surface area contributed by atoms with Crippen molar-refractivity contribution in [2.24, 2.45) is 5.73 Å². The third-order valence-corrected chi connectivity index (χ3v) is 2.99. The Bertz CT molecular complexity index is 374. The summed E-state index contributed by atoms with van der Waals surface area (Å²) in [5.74, 6) is 1.45. The number of hydrogen-bond acceptors (Lipinski definition) is 4. The molecule has 18 heavy (non-hydrogen) atoms. The Morgan fingerprint density at radius 1 is 1.17 bits per heavy atom. The number of rotatable bonds is 6.